The second-order valence-corrected chi connectivity index (χ2v) is 9.24. The average molecular weight is 484 g/mol. The molecule has 35 heavy (non-hydrogen) atoms. The fourth-order valence-electron chi connectivity index (χ4n) is 4.80. The lowest BCUT2D eigenvalue weighted by Gasteiger charge is -2.20. The minimum Gasteiger partial charge on any atom is -0.508 e. The fraction of sp³-hybridized carbons (Fsp3) is 0.286. The monoisotopic (exact) mass is 483 g/mol. The third kappa shape index (κ3) is 5.26. The molecule has 3 N–H and O–H groups in total. The Labute approximate surface area is 209 Å². The average Bonchev–Trinajstić information content (AvgIpc) is 2.86. The van der Waals surface area contributed by atoms with Gasteiger partial charge in [-0.2, -0.15) is 10.5 Å². The van der Waals surface area contributed by atoms with Crippen molar-refractivity contribution >= 4 is 35.3 Å². The molecule has 0 fully saturated rings. The molecule has 2 aliphatic carbocycles. The molecule has 7 heteroatoms. The number of nitrogens with two attached hydrogens (primary N) is 1. The number of hydrogen-bond donors (Lipinski definition) is 2. The van der Waals surface area contributed by atoms with Gasteiger partial charge in [-0.3, -0.25) is 0 Å². The van der Waals surface area contributed by atoms with Crippen LogP contribution in [0.2, 0.25) is 0 Å². The van der Waals surface area contributed by atoms with E-state index in [9.17, 15) is 20.4 Å². The summed E-state index contributed by atoms with van der Waals surface area (Å²) in [6.45, 7) is 0. The van der Waals surface area contributed by atoms with Gasteiger partial charge >= 0.3 is 5.97 Å². The minimum atomic E-state index is -0.816. The lowest BCUT2D eigenvalue weighted by molar-refractivity contribution is -0.129. The summed E-state index contributed by atoms with van der Waals surface area (Å²) in [7, 11) is 0. The summed E-state index contributed by atoms with van der Waals surface area (Å²) in [6.07, 6.45) is 10.4. The highest BCUT2D eigenvalue weighted by Gasteiger charge is 2.21. The van der Waals surface area contributed by atoms with Gasteiger partial charge in [-0.25, -0.2) is 4.79 Å². The highest BCUT2D eigenvalue weighted by molar-refractivity contribution is 7.80. The van der Waals surface area contributed by atoms with Crippen LogP contribution >= 0.6 is 12.2 Å². The standard InChI is InChI=1S/C28H25N3O3S/c29-15-20(27(31)35)14-24-22-7-3-1-5-18(22)9-10-26(24)34-28(33)21(16-30)12-17-11-19-6-2-4-8-23(19)25(32)13-17/h9-14,32H,1-8H2,(H2,31,35). The molecule has 0 saturated heterocycles. The molecule has 0 radical (unpaired) electrons. The molecule has 0 atom stereocenters. The molecule has 2 aromatic rings. The summed E-state index contributed by atoms with van der Waals surface area (Å²) in [4.78, 5) is 13.0. The maximum Gasteiger partial charge on any atom is 0.354 e. The Morgan fingerprint density at radius 3 is 2.29 bits per heavy atom. The van der Waals surface area contributed by atoms with Crippen LogP contribution in [0.5, 0.6) is 11.5 Å². The first-order chi connectivity index (χ1) is 16.9. The molecule has 4 rings (SSSR count). The Kier molecular flexibility index (Phi) is 7.29. The summed E-state index contributed by atoms with van der Waals surface area (Å²) in [5.74, 6) is -0.388. The molecule has 0 amide bonds. The number of benzene rings is 2. The van der Waals surface area contributed by atoms with E-state index in [0.717, 1.165) is 73.6 Å². The predicted molar refractivity (Wildman–Crippen MR) is 137 cm³/mol. The molecular formula is C28H25N3O3S. The van der Waals surface area contributed by atoms with Gasteiger partial charge in [0, 0.05) is 5.56 Å². The number of carbonyl (C=O) groups excluding carboxylic acids is 1. The SMILES string of the molecule is N#CC(=Cc1cc(O)c2c(c1)CCCC2)C(=O)Oc1ccc2c(c1C=C(C#N)C(N)=S)CCCC2. The summed E-state index contributed by atoms with van der Waals surface area (Å²) in [5.41, 5.74) is 10.9. The number of esters is 1. The molecule has 0 saturated carbocycles. The lowest BCUT2D eigenvalue weighted by Crippen LogP contribution is -2.14. The summed E-state index contributed by atoms with van der Waals surface area (Å²) >= 11 is 4.99. The Morgan fingerprint density at radius 1 is 0.943 bits per heavy atom. The van der Waals surface area contributed by atoms with E-state index in [-0.39, 0.29) is 27.6 Å². The first kappa shape index (κ1) is 24.2. The molecule has 0 unspecified atom stereocenters. The first-order valence-corrected chi connectivity index (χ1v) is 12.1. The molecule has 0 bridgehead atoms. The molecule has 0 aliphatic heterocycles. The van der Waals surface area contributed by atoms with Crippen molar-refractivity contribution in [2.45, 2.75) is 51.4 Å². The van der Waals surface area contributed by atoms with Crippen LogP contribution in [0.1, 0.15) is 59.1 Å². The predicted octanol–water partition coefficient (Wildman–Crippen LogP) is 4.86. The van der Waals surface area contributed by atoms with Gasteiger partial charge in [0.15, 0.2) is 0 Å². The number of nitrogens with zero attached hydrogens (tertiary/aromatic N) is 2. The van der Waals surface area contributed by atoms with Gasteiger partial charge in [0.1, 0.15) is 34.2 Å². The highest BCUT2D eigenvalue weighted by atomic mass is 32.1. The number of fused-ring (bicyclic) bond motifs is 2. The van der Waals surface area contributed by atoms with Crippen LogP contribution in [0.25, 0.3) is 12.2 Å². The Bertz CT molecular complexity index is 1360. The number of nitriles is 2. The van der Waals surface area contributed by atoms with E-state index < -0.39 is 5.97 Å². The van der Waals surface area contributed by atoms with Crippen molar-refractivity contribution in [3.05, 3.63) is 68.8 Å². The van der Waals surface area contributed by atoms with Crippen LogP contribution in [-0.2, 0) is 30.5 Å². The van der Waals surface area contributed by atoms with Crippen LogP contribution in [-0.4, -0.2) is 16.1 Å². The van der Waals surface area contributed by atoms with E-state index in [4.69, 9.17) is 22.7 Å². The topological polar surface area (TPSA) is 120 Å². The molecule has 6 nitrogen and oxygen atoms in total. The number of carbonyl (C=O) groups is 1. The minimum absolute atomic E-state index is 0.0389. The Morgan fingerprint density at radius 2 is 1.60 bits per heavy atom. The Balaban J connectivity index is 1.70. The fourth-order valence-corrected chi connectivity index (χ4v) is 4.90. The van der Waals surface area contributed by atoms with Crippen LogP contribution in [0.3, 0.4) is 0 Å². The van der Waals surface area contributed by atoms with Gasteiger partial charge in [-0.05, 0) is 103 Å². The Hall–Kier alpha value is -3.94. The molecule has 0 heterocycles. The third-order valence-corrected chi connectivity index (χ3v) is 6.75. The number of ether oxygens (including phenoxy) is 1. The van der Waals surface area contributed by atoms with E-state index in [1.165, 1.54) is 6.08 Å². The van der Waals surface area contributed by atoms with Crippen molar-refractivity contribution in [1.82, 2.24) is 0 Å². The van der Waals surface area contributed by atoms with Crippen LogP contribution in [0.4, 0.5) is 0 Å². The number of rotatable bonds is 5. The number of thiocarbonyl (C=S) groups is 1. The van der Waals surface area contributed by atoms with Gasteiger partial charge in [0.2, 0.25) is 0 Å². The van der Waals surface area contributed by atoms with Crippen LogP contribution in [0.15, 0.2) is 35.4 Å². The van der Waals surface area contributed by atoms with Crippen molar-refractivity contribution in [1.29, 1.82) is 10.5 Å². The zero-order valence-corrected chi connectivity index (χ0v) is 20.1. The van der Waals surface area contributed by atoms with Crippen molar-refractivity contribution in [3.8, 4) is 23.6 Å². The number of aryl methyl sites for hydroxylation is 2. The lowest BCUT2D eigenvalue weighted by atomic mass is 9.87. The van der Waals surface area contributed by atoms with Gasteiger partial charge in [-0.15, -0.1) is 0 Å². The normalized spacial score (nSPS) is 15.3. The summed E-state index contributed by atoms with van der Waals surface area (Å²) in [5, 5.41) is 29.6. The smallest absolute Gasteiger partial charge is 0.354 e. The van der Waals surface area contributed by atoms with Crippen molar-refractivity contribution in [3.63, 3.8) is 0 Å². The summed E-state index contributed by atoms with van der Waals surface area (Å²) < 4.78 is 5.67. The number of phenols is 1. The van der Waals surface area contributed by atoms with Crippen LogP contribution in [0, 0.1) is 22.7 Å². The van der Waals surface area contributed by atoms with E-state index in [1.54, 1.807) is 18.2 Å². The van der Waals surface area contributed by atoms with Gasteiger partial charge in [-0.1, -0.05) is 24.4 Å². The van der Waals surface area contributed by atoms with Crippen molar-refractivity contribution in [2.75, 3.05) is 0 Å². The first-order valence-electron chi connectivity index (χ1n) is 11.7. The number of aromatic hydroxyl groups is 1. The molecule has 2 aliphatic rings. The van der Waals surface area contributed by atoms with E-state index in [2.05, 4.69) is 0 Å². The van der Waals surface area contributed by atoms with E-state index in [1.807, 2.05) is 24.3 Å². The highest BCUT2D eigenvalue weighted by Crippen LogP contribution is 2.34. The van der Waals surface area contributed by atoms with Gasteiger partial charge in [0.05, 0.1) is 5.57 Å². The van der Waals surface area contributed by atoms with Gasteiger partial charge in [0.25, 0.3) is 0 Å². The molecular weight excluding hydrogens is 458 g/mol. The third-order valence-electron chi connectivity index (χ3n) is 6.53. The molecule has 0 spiro atoms. The number of hydrogen-bond acceptors (Lipinski definition) is 6. The van der Waals surface area contributed by atoms with Crippen molar-refractivity contribution in [2.24, 2.45) is 5.73 Å². The quantitative estimate of drug-likeness (QED) is 0.205. The van der Waals surface area contributed by atoms with Crippen molar-refractivity contribution < 1.29 is 14.6 Å². The second-order valence-electron chi connectivity index (χ2n) is 8.80. The second kappa shape index (κ2) is 10.5. The molecule has 0 aromatic heterocycles. The maximum atomic E-state index is 13.0. The van der Waals surface area contributed by atoms with E-state index in [0.29, 0.717) is 11.1 Å². The van der Waals surface area contributed by atoms with E-state index >= 15 is 0 Å². The number of phenolic OH excluding ortho intramolecular Hbond substituents is 1. The zero-order chi connectivity index (χ0) is 24.9. The molecule has 176 valence electrons. The summed E-state index contributed by atoms with van der Waals surface area (Å²) in [6, 6.07) is 11.0. The maximum absolute atomic E-state index is 13.0. The van der Waals surface area contributed by atoms with Crippen LogP contribution < -0.4 is 10.5 Å². The molecule has 2 aromatic carbocycles. The zero-order valence-electron chi connectivity index (χ0n) is 19.3. The largest absolute Gasteiger partial charge is 0.508 e. The van der Waals surface area contributed by atoms with Gasteiger partial charge < -0.3 is 15.6 Å².